The number of aromatic nitrogens is 2. The molecule has 3 heterocycles. The summed E-state index contributed by atoms with van der Waals surface area (Å²) >= 11 is 0. The lowest BCUT2D eigenvalue weighted by Crippen LogP contribution is -2.32. The third-order valence-corrected chi connectivity index (χ3v) is 4.36. The molecular weight excluding hydrogens is 318 g/mol. The number of rotatable bonds is 7. The number of hydrogen-bond acceptors (Lipinski definition) is 6. The van der Waals surface area contributed by atoms with Gasteiger partial charge in [-0.3, -0.25) is 0 Å². The Kier molecular flexibility index (Phi) is 5.11. The average Bonchev–Trinajstić information content (AvgIpc) is 2.64. The highest BCUT2D eigenvalue weighted by molar-refractivity contribution is 5.89. The Bertz CT molecular complexity index is 765. The number of unbranched alkanes of at least 4 members (excludes halogenated alkanes) is 2. The van der Waals surface area contributed by atoms with Crippen molar-refractivity contribution in [1.82, 2.24) is 9.97 Å². The van der Waals surface area contributed by atoms with Gasteiger partial charge in [0.05, 0.1) is 5.69 Å². The van der Waals surface area contributed by atoms with Crippen LogP contribution in [0.2, 0.25) is 0 Å². The van der Waals surface area contributed by atoms with E-state index in [1.807, 2.05) is 12.1 Å². The van der Waals surface area contributed by atoms with Gasteiger partial charge in [-0.25, -0.2) is 4.98 Å². The van der Waals surface area contributed by atoms with Crippen molar-refractivity contribution in [2.75, 3.05) is 22.9 Å². The molecule has 0 unspecified atom stereocenters. The van der Waals surface area contributed by atoms with Crippen LogP contribution in [0.15, 0.2) is 30.5 Å². The lowest BCUT2D eigenvalue weighted by molar-refractivity contribution is -0.389. The predicted molar refractivity (Wildman–Crippen MR) is 99.0 cm³/mol. The second-order valence-corrected chi connectivity index (χ2v) is 6.13. The van der Waals surface area contributed by atoms with Crippen LogP contribution in [-0.2, 0) is 0 Å². The van der Waals surface area contributed by atoms with E-state index < -0.39 is 4.92 Å². The summed E-state index contributed by atoms with van der Waals surface area (Å²) in [6.07, 6.45) is 5.89. The average molecular weight is 341 g/mol. The number of nitro groups is 1. The molecule has 2 aromatic rings. The maximum Gasteiger partial charge on any atom is 0.366 e. The van der Waals surface area contributed by atoms with Crippen molar-refractivity contribution in [1.29, 1.82) is 0 Å². The van der Waals surface area contributed by atoms with Crippen molar-refractivity contribution < 1.29 is 4.92 Å². The smallest absolute Gasteiger partial charge is 0.358 e. The number of pyridine rings is 2. The standard InChI is InChI=1S/C18H23N5O2/c1-3-5-12-21-15-9-10-16(23(24)25)20-18(15)22(13-6-4-2)14-8-7-11-19-17(14)21/h7-11H,3-6,12-13H2,1-2H3. The summed E-state index contributed by atoms with van der Waals surface area (Å²) in [5.41, 5.74) is 1.86. The van der Waals surface area contributed by atoms with Crippen molar-refractivity contribution >= 4 is 28.8 Å². The molecule has 7 heteroatoms. The summed E-state index contributed by atoms with van der Waals surface area (Å²) < 4.78 is 0. The second-order valence-electron chi connectivity index (χ2n) is 6.13. The van der Waals surface area contributed by atoms with E-state index in [0.717, 1.165) is 56.0 Å². The van der Waals surface area contributed by atoms with Crippen LogP contribution in [0.3, 0.4) is 0 Å². The molecule has 25 heavy (non-hydrogen) atoms. The quantitative estimate of drug-likeness (QED) is 0.542. The summed E-state index contributed by atoms with van der Waals surface area (Å²) in [4.78, 5) is 23.9. The van der Waals surface area contributed by atoms with E-state index in [2.05, 4.69) is 33.6 Å². The molecule has 1 aliphatic heterocycles. The highest BCUT2D eigenvalue weighted by Gasteiger charge is 2.34. The van der Waals surface area contributed by atoms with E-state index in [1.54, 1.807) is 12.3 Å². The summed E-state index contributed by atoms with van der Waals surface area (Å²) in [5, 5.41) is 11.2. The molecule has 132 valence electrons. The minimum absolute atomic E-state index is 0.122. The molecule has 0 radical (unpaired) electrons. The van der Waals surface area contributed by atoms with Gasteiger partial charge in [0.25, 0.3) is 5.82 Å². The van der Waals surface area contributed by atoms with Gasteiger partial charge in [-0.05, 0) is 40.9 Å². The lowest BCUT2D eigenvalue weighted by Gasteiger charge is -2.36. The molecule has 0 saturated heterocycles. The van der Waals surface area contributed by atoms with Crippen molar-refractivity contribution in [2.24, 2.45) is 0 Å². The fourth-order valence-electron chi connectivity index (χ4n) is 3.06. The summed E-state index contributed by atoms with van der Waals surface area (Å²) in [6, 6.07) is 7.19. The summed E-state index contributed by atoms with van der Waals surface area (Å²) in [7, 11) is 0. The normalized spacial score (nSPS) is 12.7. The molecule has 0 amide bonds. The Hall–Kier alpha value is -2.70. The van der Waals surface area contributed by atoms with Crippen molar-refractivity contribution in [3.63, 3.8) is 0 Å². The van der Waals surface area contributed by atoms with Gasteiger partial charge >= 0.3 is 5.82 Å². The van der Waals surface area contributed by atoms with Crippen molar-refractivity contribution in [2.45, 2.75) is 39.5 Å². The van der Waals surface area contributed by atoms with Crippen LogP contribution >= 0.6 is 0 Å². The number of fused-ring (bicyclic) bond motifs is 2. The van der Waals surface area contributed by atoms with Crippen LogP contribution in [0.1, 0.15) is 39.5 Å². The van der Waals surface area contributed by atoms with Gasteiger partial charge in [0.2, 0.25) is 0 Å². The molecule has 0 aromatic carbocycles. The predicted octanol–water partition coefficient (Wildman–Crippen LogP) is 4.57. The number of nitrogens with zero attached hydrogens (tertiary/aromatic N) is 5. The zero-order valence-corrected chi connectivity index (χ0v) is 14.7. The molecule has 0 bridgehead atoms. The van der Waals surface area contributed by atoms with E-state index in [-0.39, 0.29) is 5.82 Å². The number of anilines is 4. The Labute approximate surface area is 147 Å². The van der Waals surface area contributed by atoms with Gasteiger partial charge in [0.15, 0.2) is 5.82 Å². The molecule has 0 spiro atoms. The van der Waals surface area contributed by atoms with Gasteiger partial charge in [-0.2, -0.15) is 0 Å². The maximum absolute atomic E-state index is 11.2. The highest BCUT2D eigenvalue weighted by atomic mass is 16.6. The van der Waals surface area contributed by atoms with E-state index >= 15 is 0 Å². The highest BCUT2D eigenvalue weighted by Crippen LogP contribution is 2.46. The molecule has 1 aliphatic rings. The van der Waals surface area contributed by atoms with Crippen LogP contribution < -0.4 is 9.80 Å². The van der Waals surface area contributed by atoms with Crippen molar-refractivity contribution in [3.05, 3.63) is 40.6 Å². The molecule has 3 rings (SSSR count). The molecular formula is C18H23N5O2. The summed E-state index contributed by atoms with van der Waals surface area (Å²) in [5.74, 6) is 1.43. The number of hydrogen-bond donors (Lipinski definition) is 0. The topological polar surface area (TPSA) is 75.4 Å². The van der Waals surface area contributed by atoms with Gasteiger partial charge in [-0.1, -0.05) is 26.7 Å². The van der Waals surface area contributed by atoms with Crippen LogP contribution in [0.25, 0.3) is 0 Å². The van der Waals surface area contributed by atoms with Gasteiger partial charge in [0, 0.05) is 25.4 Å². The molecule has 0 aliphatic carbocycles. The first-order valence-corrected chi connectivity index (χ1v) is 8.82. The van der Waals surface area contributed by atoms with E-state index in [4.69, 9.17) is 0 Å². The first-order valence-electron chi connectivity index (χ1n) is 8.82. The Morgan fingerprint density at radius 3 is 2.28 bits per heavy atom. The first-order chi connectivity index (χ1) is 12.2. The Balaban J connectivity index is 2.13. The molecule has 0 N–H and O–H groups in total. The zero-order chi connectivity index (χ0) is 17.8. The lowest BCUT2D eigenvalue weighted by atomic mass is 10.1. The van der Waals surface area contributed by atoms with Crippen LogP contribution in [0.5, 0.6) is 0 Å². The maximum atomic E-state index is 11.2. The van der Waals surface area contributed by atoms with E-state index in [9.17, 15) is 10.1 Å². The minimum Gasteiger partial charge on any atom is -0.358 e. The fourth-order valence-corrected chi connectivity index (χ4v) is 3.06. The molecule has 2 aromatic heterocycles. The monoisotopic (exact) mass is 341 g/mol. The van der Waals surface area contributed by atoms with E-state index in [1.165, 1.54) is 6.07 Å². The van der Waals surface area contributed by atoms with Crippen molar-refractivity contribution in [3.8, 4) is 0 Å². The van der Waals surface area contributed by atoms with Gasteiger partial charge in [0.1, 0.15) is 5.69 Å². The molecule has 0 saturated carbocycles. The van der Waals surface area contributed by atoms with E-state index in [0.29, 0.717) is 5.82 Å². The largest absolute Gasteiger partial charge is 0.366 e. The minimum atomic E-state index is -0.437. The third kappa shape index (κ3) is 3.26. The zero-order valence-electron chi connectivity index (χ0n) is 14.7. The Morgan fingerprint density at radius 1 is 1.00 bits per heavy atom. The van der Waals surface area contributed by atoms with Gasteiger partial charge in [-0.15, -0.1) is 0 Å². The fraction of sp³-hybridized carbons (Fsp3) is 0.444. The molecule has 0 fully saturated rings. The third-order valence-electron chi connectivity index (χ3n) is 4.36. The van der Waals surface area contributed by atoms with Crippen LogP contribution in [-0.4, -0.2) is 28.0 Å². The first kappa shape index (κ1) is 17.1. The van der Waals surface area contributed by atoms with Crippen LogP contribution in [0, 0.1) is 10.1 Å². The molecule has 0 atom stereocenters. The second kappa shape index (κ2) is 7.46. The summed E-state index contributed by atoms with van der Waals surface area (Å²) in [6.45, 7) is 5.85. The Morgan fingerprint density at radius 2 is 1.64 bits per heavy atom. The van der Waals surface area contributed by atoms with Gasteiger partial charge < -0.3 is 19.9 Å². The SMILES string of the molecule is CCCCN1c2ccc([N+](=O)[O-])nc2N(CCCC)c2cccnc21. The van der Waals surface area contributed by atoms with Crippen LogP contribution in [0.4, 0.5) is 28.8 Å². The molecule has 7 nitrogen and oxygen atoms in total.